The highest BCUT2D eigenvalue weighted by molar-refractivity contribution is 6.31. The van der Waals surface area contributed by atoms with Crippen molar-refractivity contribution in [1.82, 2.24) is 9.97 Å². The Morgan fingerprint density at radius 2 is 1.97 bits per heavy atom. The molecular weight excluding hydrogens is 400 g/mol. The van der Waals surface area contributed by atoms with Gasteiger partial charge in [-0.05, 0) is 77.1 Å². The Morgan fingerprint density at radius 1 is 1.03 bits per heavy atom. The van der Waals surface area contributed by atoms with Crippen molar-refractivity contribution < 1.29 is 0 Å². The lowest BCUT2D eigenvalue weighted by Gasteiger charge is -2.30. The molecule has 0 fully saturated rings. The van der Waals surface area contributed by atoms with Crippen LogP contribution in [0.15, 0.2) is 97.5 Å². The molecule has 0 saturated heterocycles. The van der Waals surface area contributed by atoms with Crippen LogP contribution in [-0.4, -0.2) is 9.97 Å². The average Bonchev–Trinajstić information content (AvgIpc) is 2.83. The second kappa shape index (κ2) is 8.49. The third-order valence-corrected chi connectivity index (χ3v) is 6.35. The van der Waals surface area contributed by atoms with Crippen molar-refractivity contribution in [3.05, 3.63) is 114 Å². The molecule has 4 aromatic rings. The Hall–Kier alpha value is -3.23. The van der Waals surface area contributed by atoms with E-state index in [2.05, 4.69) is 59.0 Å². The quantitative estimate of drug-likeness (QED) is 0.291. The summed E-state index contributed by atoms with van der Waals surface area (Å²) in [6.07, 6.45) is 15.5. The molecule has 2 heterocycles. The Labute approximate surface area is 187 Å². The zero-order valence-corrected chi connectivity index (χ0v) is 18.0. The molecule has 0 bridgehead atoms. The van der Waals surface area contributed by atoms with Gasteiger partial charge in [-0.25, -0.2) is 0 Å². The average molecular weight is 423 g/mol. The van der Waals surface area contributed by atoms with Crippen LogP contribution >= 0.6 is 11.6 Å². The fourth-order valence-corrected chi connectivity index (χ4v) is 4.83. The summed E-state index contributed by atoms with van der Waals surface area (Å²) >= 11 is 6.14. The largest absolute Gasteiger partial charge is 0.264 e. The number of allylic oxidation sites excluding steroid dienone is 5. The molecule has 0 saturated carbocycles. The number of pyridine rings is 2. The maximum Gasteiger partial charge on any atom is 0.0732 e. The number of aromatic nitrogens is 2. The first-order valence-corrected chi connectivity index (χ1v) is 11.0. The zero-order valence-electron chi connectivity index (χ0n) is 17.3. The Kier molecular flexibility index (Phi) is 5.40. The monoisotopic (exact) mass is 422 g/mol. The first-order chi connectivity index (χ1) is 15.2. The highest BCUT2D eigenvalue weighted by atomic mass is 35.5. The van der Waals surface area contributed by atoms with E-state index < -0.39 is 0 Å². The molecule has 1 unspecified atom stereocenters. The van der Waals surface area contributed by atoms with Gasteiger partial charge in [0.15, 0.2) is 0 Å². The topological polar surface area (TPSA) is 25.8 Å². The van der Waals surface area contributed by atoms with E-state index in [4.69, 9.17) is 11.6 Å². The Morgan fingerprint density at radius 3 is 2.84 bits per heavy atom. The van der Waals surface area contributed by atoms with Gasteiger partial charge in [0.05, 0.1) is 5.52 Å². The summed E-state index contributed by atoms with van der Waals surface area (Å²) in [5.41, 5.74) is 6.82. The maximum absolute atomic E-state index is 6.14. The standard InChI is InChI=1S/C20H17Cl.C8H6N2/c1-2-13-11-14-5-3-4-6-17(14)19-9-7-15-12-16(21)8-10-18(15)20(13)19;1-2-7-6-9-5-3-8(7)10-4-1/h2,4,6-10,12-13H,1,3,5,11H2;1-6H. The number of hydrogen-bond donors (Lipinski definition) is 0. The van der Waals surface area contributed by atoms with Crippen LogP contribution in [0.4, 0.5) is 0 Å². The van der Waals surface area contributed by atoms with Crippen LogP contribution in [0.2, 0.25) is 5.02 Å². The number of hydrogen-bond acceptors (Lipinski definition) is 2. The van der Waals surface area contributed by atoms with Gasteiger partial charge in [0, 0.05) is 34.9 Å². The van der Waals surface area contributed by atoms with E-state index in [1.54, 1.807) is 18.0 Å². The lowest BCUT2D eigenvalue weighted by Crippen LogP contribution is -2.11. The van der Waals surface area contributed by atoms with Crippen molar-refractivity contribution >= 4 is 38.8 Å². The number of fused-ring (bicyclic) bond motifs is 5. The van der Waals surface area contributed by atoms with E-state index in [0.29, 0.717) is 5.92 Å². The van der Waals surface area contributed by atoms with E-state index in [1.165, 1.54) is 40.3 Å². The smallest absolute Gasteiger partial charge is 0.0732 e. The second-order valence-electron chi connectivity index (χ2n) is 7.97. The van der Waals surface area contributed by atoms with E-state index >= 15 is 0 Å². The molecule has 0 radical (unpaired) electrons. The van der Waals surface area contributed by atoms with Gasteiger partial charge in [0.1, 0.15) is 0 Å². The van der Waals surface area contributed by atoms with E-state index in [-0.39, 0.29) is 0 Å². The van der Waals surface area contributed by atoms with E-state index in [0.717, 1.165) is 22.3 Å². The van der Waals surface area contributed by atoms with Crippen LogP contribution < -0.4 is 0 Å². The number of rotatable bonds is 1. The van der Waals surface area contributed by atoms with Crippen LogP contribution in [0.25, 0.3) is 27.2 Å². The Bertz CT molecular complexity index is 1280. The zero-order chi connectivity index (χ0) is 21.2. The molecule has 2 aliphatic rings. The fourth-order valence-electron chi connectivity index (χ4n) is 4.65. The SMILES string of the molecule is C=CC1CC2=C(C=CCC2)c2ccc3cc(Cl)ccc3c21.c1cnc2ccncc2c1. The van der Waals surface area contributed by atoms with Gasteiger partial charge in [-0.2, -0.15) is 0 Å². The van der Waals surface area contributed by atoms with Crippen LogP contribution in [-0.2, 0) is 0 Å². The second-order valence-corrected chi connectivity index (χ2v) is 8.41. The predicted molar refractivity (Wildman–Crippen MR) is 131 cm³/mol. The van der Waals surface area contributed by atoms with E-state index in [9.17, 15) is 0 Å². The molecule has 2 aromatic carbocycles. The van der Waals surface area contributed by atoms with Gasteiger partial charge in [-0.1, -0.05) is 53.6 Å². The Balaban J connectivity index is 0.000000171. The number of benzene rings is 2. The van der Waals surface area contributed by atoms with Gasteiger partial charge >= 0.3 is 0 Å². The third kappa shape index (κ3) is 3.80. The van der Waals surface area contributed by atoms with Crippen molar-refractivity contribution in [3.63, 3.8) is 0 Å². The summed E-state index contributed by atoms with van der Waals surface area (Å²) < 4.78 is 0. The van der Waals surface area contributed by atoms with Crippen LogP contribution in [0, 0.1) is 0 Å². The molecule has 152 valence electrons. The molecule has 2 aliphatic carbocycles. The molecule has 6 rings (SSSR count). The molecule has 0 aliphatic heterocycles. The van der Waals surface area contributed by atoms with Gasteiger partial charge < -0.3 is 0 Å². The third-order valence-electron chi connectivity index (χ3n) is 6.12. The number of nitrogens with zero attached hydrogens (tertiary/aromatic N) is 2. The summed E-state index contributed by atoms with van der Waals surface area (Å²) in [5, 5.41) is 4.42. The molecule has 0 amide bonds. The first kappa shape index (κ1) is 19.7. The highest BCUT2D eigenvalue weighted by Gasteiger charge is 2.26. The van der Waals surface area contributed by atoms with Crippen molar-refractivity contribution in [2.75, 3.05) is 0 Å². The highest BCUT2D eigenvalue weighted by Crippen LogP contribution is 2.46. The summed E-state index contributed by atoms with van der Waals surface area (Å²) in [6, 6.07) is 16.5. The minimum absolute atomic E-state index is 0.412. The predicted octanol–water partition coefficient (Wildman–Crippen LogP) is 7.90. The van der Waals surface area contributed by atoms with Gasteiger partial charge in [0.2, 0.25) is 0 Å². The van der Waals surface area contributed by atoms with Gasteiger partial charge in [-0.3, -0.25) is 9.97 Å². The molecule has 31 heavy (non-hydrogen) atoms. The van der Waals surface area contributed by atoms with Crippen LogP contribution in [0.3, 0.4) is 0 Å². The van der Waals surface area contributed by atoms with Crippen molar-refractivity contribution in [2.45, 2.75) is 25.2 Å². The van der Waals surface area contributed by atoms with E-state index in [1.807, 2.05) is 30.5 Å². The summed E-state index contributed by atoms with van der Waals surface area (Å²) in [7, 11) is 0. The summed E-state index contributed by atoms with van der Waals surface area (Å²) in [6.45, 7) is 4.08. The minimum Gasteiger partial charge on any atom is -0.264 e. The molecule has 1 atom stereocenters. The first-order valence-electron chi connectivity index (χ1n) is 10.6. The molecule has 2 aromatic heterocycles. The van der Waals surface area contributed by atoms with Crippen LogP contribution in [0.1, 0.15) is 36.3 Å². The fraction of sp³-hybridized carbons (Fsp3) is 0.143. The molecule has 2 nitrogen and oxygen atoms in total. The van der Waals surface area contributed by atoms with Crippen molar-refractivity contribution in [1.29, 1.82) is 0 Å². The van der Waals surface area contributed by atoms with Gasteiger partial charge in [-0.15, -0.1) is 6.58 Å². The lowest BCUT2D eigenvalue weighted by molar-refractivity contribution is 0.764. The minimum atomic E-state index is 0.412. The van der Waals surface area contributed by atoms with Crippen molar-refractivity contribution in [3.8, 4) is 0 Å². The summed E-state index contributed by atoms with van der Waals surface area (Å²) in [4.78, 5) is 8.11. The van der Waals surface area contributed by atoms with Crippen molar-refractivity contribution in [2.24, 2.45) is 0 Å². The normalized spacial score (nSPS) is 17.0. The molecule has 0 N–H and O–H groups in total. The van der Waals surface area contributed by atoms with Gasteiger partial charge in [0.25, 0.3) is 0 Å². The van der Waals surface area contributed by atoms with Crippen LogP contribution in [0.5, 0.6) is 0 Å². The summed E-state index contributed by atoms with van der Waals surface area (Å²) in [5.74, 6) is 0.412. The lowest BCUT2D eigenvalue weighted by atomic mass is 9.74. The molecular formula is C28H23ClN2. The molecule has 3 heteroatoms. The maximum atomic E-state index is 6.14. The number of halogens is 1. The molecule has 0 spiro atoms.